The first-order chi connectivity index (χ1) is 12.5. The summed E-state index contributed by atoms with van der Waals surface area (Å²) in [5.41, 5.74) is 0.758. The number of benzene rings is 1. The maximum Gasteiger partial charge on any atom is 0.321 e. The van der Waals surface area contributed by atoms with Crippen LogP contribution in [0, 0.1) is 5.92 Å². The van der Waals surface area contributed by atoms with E-state index < -0.39 is 17.9 Å². The van der Waals surface area contributed by atoms with E-state index in [1.165, 1.54) is 0 Å². The number of aliphatic imine (C=N–C) groups is 1. The molecule has 0 unspecified atom stereocenters. The van der Waals surface area contributed by atoms with Crippen LogP contribution in [0.15, 0.2) is 29.3 Å². The highest BCUT2D eigenvalue weighted by atomic mass is 35.5. The third kappa shape index (κ3) is 3.99. The lowest BCUT2D eigenvalue weighted by atomic mass is 9.91. The van der Waals surface area contributed by atoms with Gasteiger partial charge in [0.25, 0.3) is 0 Å². The molecule has 2 atom stereocenters. The molecule has 2 heterocycles. The minimum atomic E-state index is -1.01. The van der Waals surface area contributed by atoms with Gasteiger partial charge in [-0.15, -0.1) is 0 Å². The van der Waals surface area contributed by atoms with E-state index in [-0.39, 0.29) is 12.5 Å². The predicted octanol–water partition coefficient (Wildman–Crippen LogP) is 1.29. The van der Waals surface area contributed by atoms with Gasteiger partial charge in [0.2, 0.25) is 11.9 Å². The lowest BCUT2D eigenvalue weighted by molar-refractivity contribution is -0.153. The minimum absolute atomic E-state index is 0.213. The van der Waals surface area contributed by atoms with Gasteiger partial charge in [0.15, 0.2) is 5.92 Å². The second-order valence-corrected chi connectivity index (χ2v) is 6.89. The van der Waals surface area contributed by atoms with Crippen LogP contribution in [0.2, 0.25) is 5.02 Å². The number of piperazine rings is 1. The van der Waals surface area contributed by atoms with Crippen molar-refractivity contribution in [3.8, 4) is 0 Å². The zero-order chi connectivity index (χ0) is 18.7. The number of carbonyl (C=O) groups is 2. The molecule has 3 rings (SSSR count). The highest BCUT2D eigenvalue weighted by Crippen LogP contribution is 2.31. The van der Waals surface area contributed by atoms with Crippen LogP contribution in [-0.2, 0) is 14.3 Å². The van der Waals surface area contributed by atoms with Gasteiger partial charge in [-0.3, -0.25) is 14.9 Å². The number of halogens is 1. The molecule has 0 saturated carbocycles. The second-order valence-electron chi connectivity index (χ2n) is 6.46. The Balaban J connectivity index is 1.93. The smallest absolute Gasteiger partial charge is 0.321 e. The zero-order valence-electron chi connectivity index (χ0n) is 14.9. The van der Waals surface area contributed by atoms with Gasteiger partial charge in [-0.05, 0) is 31.7 Å². The average molecular weight is 379 g/mol. The molecule has 0 spiro atoms. The van der Waals surface area contributed by atoms with Gasteiger partial charge in [-0.1, -0.05) is 23.7 Å². The molecule has 1 fully saturated rings. The number of rotatable bonds is 3. The Morgan fingerprint density at radius 2 is 1.92 bits per heavy atom. The molecule has 2 aliphatic heterocycles. The molecule has 1 saturated heterocycles. The molecule has 2 aliphatic rings. The third-order valence-corrected chi connectivity index (χ3v) is 4.90. The van der Waals surface area contributed by atoms with E-state index in [1.807, 2.05) is 4.90 Å². The molecule has 0 aliphatic carbocycles. The van der Waals surface area contributed by atoms with Gasteiger partial charge in [-0.2, -0.15) is 0 Å². The Morgan fingerprint density at radius 1 is 1.27 bits per heavy atom. The van der Waals surface area contributed by atoms with Crippen LogP contribution >= 0.6 is 11.6 Å². The fourth-order valence-corrected chi connectivity index (χ4v) is 3.27. The SMILES string of the molecule is CCOC(=O)[C@@H]1C(=O)NC(N2CCN(C)CC2)=N[C@H]1c1ccc(Cl)cc1. The molecule has 0 bridgehead atoms. The number of nitrogens with zero attached hydrogens (tertiary/aromatic N) is 3. The summed E-state index contributed by atoms with van der Waals surface area (Å²) in [6.45, 7) is 5.25. The standard InChI is InChI=1S/C18H23ClN4O3/c1-3-26-17(25)14-15(12-4-6-13(19)7-5-12)20-18(21-16(14)24)23-10-8-22(2)9-11-23/h4-7,14-15H,3,8-11H2,1-2H3,(H,20,21,24)/t14-,15-/m0/s1. The summed E-state index contributed by atoms with van der Waals surface area (Å²) in [5, 5.41) is 3.38. The van der Waals surface area contributed by atoms with E-state index >= 15 is 0 Å². The summed E-state index contributed by atoms with van der Waals surface area (Å²) in [4.78, 5) is 34.1. The largest absolute Gasteiger partial charge is 0.465 e. The van der Waals surface area contributed by atoms with E-state index in [1.54, 1.807) is 31.2 Å². The maximum absolute atomic E-state index is 12.7. The normalized spacial score (nSPS) is 24.0. The fourth-order valence-electron chi connectivity index (χ4n) is 3.14. The summed E-state index contributed by atoms with van der Waals surface area (Å²) < 4.78 is 5.11. The Bertz CT molecular complexity index is 699. The van der Waals surface area contributed by atoms with Crippen LogP contribution in [0.5, 0.6) is 0 Å². The number of hydrogen-bond donors (Lipinski definition) is 1. The molecule has 1 aromatic carbocycles. The van der Waals surface area contributed by atoms with E-state index in [9.17, 15) is 9.59 Å². The van der Waals surface area contributed by atoms with E-state index in [0.29, 0.717) is 11.0 Å². The number of amides is 1. The fraction of sp³-hybridized carbons (Fsp3) is 0.500. The van der Waals surface area contributed by atoms with Gasteiger partial charge in [0.1, 0.15) is 6.04 Å². The highest BCUT2D eigenvalue weighted by molar-refractivity contribution is 6.30. The molecule has 0 aromatic heterocycles. The van der Waals surface area contributed by atoms with Crippen LogP contribution in [0.3, 0.4) is 0 Å². The predicted molar refractivity (Wildman–Crippen MR) is 99.0 cm³/mol. The summed E-state index contributed by atoms with van der Waals surface area (Å²) in [6, 6.07) is 6.42. The van der Waals surface area contributed by atoms with Crippen molar-refractivity contribution in [2.75, 3.05) is 39.8 Å². The van der Waals surface area contributed by atoms with Crippen LogP contribution in [0.4, 0.5) is 0 Å². The van der Waals surface area contributed by atoms with Crippen LogP contribution in [-0.4, -0.2) is 67.5 Å². The number of carbonyl (C=O) groups excluding carboxylic acids is 2. The van der Waals surface area contributed by atoms with Crippen molar-refractivity contribution in [3.05, 3.63) is 34.9 Å². The Morgan fingerprint density at radius 3 is 2.54 bits per heavy atom. The Hall–Kier alpha value is -2.12. The quantitative estimate of drug-likeness (QED) is 0.633. The minimum Gasteiger partial charge on any atom is -0.465 e. The number of esters is 1. The van der Waals surface area contributed by atoms with Gasteiger partial charge in [0.05, 0.1) is 6.61 Å². The molecule has 1 amide bonds. The van der Waals surface area contributed by atoms with Crippen molar-refractivity contribution in [2.45, 2.75) is 13.0 Å². The Kier molecular flexibility index (Phi) is 5.78. The van der Waals surface area contributed by atoms with Crippen molar-refractivity contribution in [1.29, 1.82) is 0 Å². The summed E-state index contributed by atoms with van der Waals surface area (Å²) in [7, 11) is 2.06. The molecular formula is C18H23ClN4O3. The molecule has 1 aromatic rings. The molecule has 0 radical (unpaired) electrons. The number of guanidine groups is 1. The topological polar surface area (TPSA) is 74.2 Å². The number of ether oxygens (including phenoxy) is 1. The molecule has 1 N–H and O–H groups in total. The molecule has 26 heavy (non-hydrogen) atoms. The number of nitrogens with one attached hydrogen (secondary N) is 1. The Labute approximate surface area is 158 Å². The number of hydrogen-bond acceptors (Lipinski definition) is 6. The zero-order valence-corrected chi connectivity index (χ0v) is 15.7. The van der Waals surface area contributed by atoms with Gasteiger partial charge in [0, 0.05) is 31.2 Å². The average Bonchev–Trinajstić information content (AvgIpc) is 2.62. The third-order valence-electron chi connectivity index (χ3n) is 4.65. The van der Waals surface area contributed by atoms with Gasteiger partial charge in [-0.25, -0.2) is 4.99 Å². The van der Waals surface area contributed by atoms with Gasteiger partial charge >= 0.3 is 5.97 Å². The lowest BCUT2D eigenvalue weighted by Crippen LogP contribution is -2.56. The summed E-state index contributed by atoms with van der Waals surface area (Å²) in [6.07, 6.45) is 0. The van der Waals surface area contributed by atoms with Crippen LogP contribution in [0.25, 0.3) is 0 Å². The van der Waals surface area contributed by atoms with Crippen molar-refractivity contribution in [3.63, 3.8) is 0 Å². The van der Waals surface area contributed by atoms with E-state index in [2.05, 4.69) is 17.3 Å². The van der Waals surface area contributed by atoms with Crippen molar-refractivity contribution in [1.82, 2.24) is 15.1 Å². The van der Waals surface area contributed by atoms with Crippen molar-refractivity contribution >= 4 is 29.4 Å². The molecule has 7 nitrogen and oxygen atoms in total. The van der Waals surface area contributed by atoms with E-state index in [0.717, 1.165) is 31.7 Å². The van der Waals surface area contributed by atoms with Crippen LogP contribution in [0.1, 0.15) is 18.5 Å². The number of likely N-dealkylation sites (N-methyl/N-ethyl adjacent to an activating group) is 1. The summed E-state index contributed by atoms with van der Waals surface area (Å²) in [5.74, 6) is -1.44. The van der Waals surface area contributed by atoms with Crippen LogP contribution < -0.4 is 5.32 Å². The van der Waals surface area contributed by atoms with Gasteiger partial charge < -0.3 is 14.5 Å². The second kappa shape index (κ2) is 8.05. The maximum atomic E-state index is 12.7. The lowest BCUT2D eigenvalue weighted by Gasteiger charge is -2.37. The van der Waals surface area contributed by atoms with E-state index in [4.69, 9.17) is 21.3 Å². The first-order valence-electron chi connectivity index (χ1n) is 8.74. The molecule has 8 heteroatoms. The molecule has 140 valence electrons. The first kappa shape index (κ1) is 18.7. The van der Waals surface area contributed by atoms with Crippen molar-refractivity contribution in [2.24, 2.45) is 10.9 Å². The summed E-state index contributed by atoms with van der Waals surface area (Å²) >= 11 is 5.97. The monoisotopic (exact) mass is 378 g/mol. The van der Waals surface area contributed by atoms with Crippen molar-refractivity contribution < 1.29 is 14.3 Å². The molecular weight excluding hydrogens is 356 g/mol. The first-order valence-corrected chi connectivity index (χ1v) is 9.11. The highest BCUT2D eigenvalue weighted by Gasteiger charge is 2.42.